The second kappa shape index (κ2) is 5.95. The largest absolute Gasteiger partial charge is 0.378 e. The van der Waals surface area contributed by atoms with Crippen LogP contribution in [0, 0.1) is 6.92 Å². The third-order valence-corrected chi connectivity index (χ3v) is 5.02. The van der Waals surface area contributed by atoms with Crippen molar-refractivity contribution in [2.45, 2.75) is 19.9 Å². The van der Waals surface area contributed by atoms with Crippen molar-refractivity contribution in [2.24, 2.45) is 0 Å². The van der Waals surface area contributed by atoms with Crippen molar-refractivity contribution in [3.8, 4) is 5.69 Å². The number of nitrogens with one attached hydrogen (secondary N) is 1. The Labute approximate surface area is 135 Å². The first-order chi connectivity index (χ1) is 10.1. The van der Waals surface area contributed by atoms with Crippen LogP contribution in [0.25, 0.3) is 5.69 Å². The lowest BCUT2D eigenvalue weighted by atomic mass is 10.1. The van der Waals surface area contributed by atoms with E-state index in [1.807, 2.05) is 6.92 Å². The Hall–Kier alpha value is -1.73. The molecule has 5 nitrogen and oxygen atoms in total. The van der Waals surface area contributed by atoms with E-state index < -0.39 is 0 Å². The number of aromatic nitrogens is 4. The number of tetrazole rings is 1. The highest BCUT2D eigenvalue weighted by atomic mass is 79.9. The molecule has 3 aromatic rings. The predicted molar refractivity (Wildman–Crippen MR) is 87.9 cm³/mol. The molecule has 0 aliphatic heterocycles. The minimum atomic E-state index is 0.241. The molecule has 1 atom stereocenters. The van der Waals surface area contributed by atoms with E-state index in [1.54, 1.807) is 22.3 Å². The van der Waals surface area contributed by atoms with Crippen LogP contribution in [0.4, 0.5) is 5.69 Å². The highest BCUT2D eigenvalue weighted by Gasteiger charge is 2.10. The number of anilines is 1. The van der Waals surface area contributed by atoms with Crippen molar-refractivity contribution < 1.29 is 0 Å². The lowest BCUT2D eigenvalue weighted by molar-refractivity contribution is 0.785. The number of aryl methyl sites for hydroxylation is 1. The van der Waals surface area contributed by atoms with Gasteiger partial charge in [0.05, 0.1) is 15.5 Å². The molecule has 1 unspecified atom stereocenters. The van der Waals surface area contributed by atoms with Crippen molar-refractivity contribution in [3.63, 3.8) is 0 Å². The van der Waals surface area contributed by atoms with E-state index >= 15 is 0 Å². The SMILES string of the molecule is Cc1ccc(NC(C)c2ccc(Br)s2)cc1-n1cnnn1. The van der Waals surface area contributed by atoms with E-state index in [0.717, 1.165) is 20.7 Å². The average molecular weight is 364 g/mol. The summed E-state index contributed by atoms with van der Waals surface area (Å²) in [5, 5.41) is 14.8. The maximum Gasteiger partial charge on any atom is 0.143 e. The van der Waals surface area contributed by atoms with Gasteiger partial charge in [0.1, 0.15) is 6.33 Å². The van der Waals surface area contributed by atoms with Crippen LogP contribution in [0.1, 0.15) is 23.4 Å². The van der Waals surface area contributed by atoms with Crippen LogP contribution in [-0.2, 0) is 0 Å². The minimum Gasteiger partial charge on any atom is -0.378 e. The monoisotopic (exact) mass is 363 g/mol. The van der Waals surface area contributed by atoms with Gasteiger partial charge >= 0.3 is 0 Å². The van der Waals surface area contributed by atoms with Crippen molar-refractivity contribution in [3.05, 3.63) is 50.9 Å². The van der Waals surface area contributed by atoms with Gasteiger partial charge in [-0.25, -0.2) is 4.68 Å². The number of halogens is 1. The van der Waals surface area contributed by atoms with Crippen molar-refractivity contribution in [1.82, 2.24) is 20.2 Å². The fraction of sp³-hybridized carbons (Fsp3) is 0.214. The van der Waals surface area contributed by atoms with Gasteiger partial charge in [-0.05, 0) is 70.0 Å². The lowest BCUT2D eigenvalue weighted by Crippen LogP contribution is -2.06. The summed E-state index contributed by atoms with van der Waals surface area (Å²) in [7, 11) is 0. The summed E-state index contributed by atoms with van der Waals surface area (Å²) in [5.41, 5.74) is 3.15. The lowest BCUT2D eigenvalue weighted by Gasteiger charge is -2.15. The molecule has 0 saturated heterocycles. The van der Waals surface area contributed by atoms with E-state index in [9.17, 15) is 0 Å². The summed E-state index contributed by atoms with van der Waals surface area (Å²) in [6.07, 6.45) is 1.60. The average Bonchev–Trinajstić information content (AvgIpc) is 3.12. The van der Waals surface area contributed by atoms with Gasteiger partial charge in [0.25, 0.3) is 0 Å². The Morgan fingerprint density at radius 3 is 2.81 bits per heavy atom. The molecule has 0 spiro atoms. The van der Waals surface area contributed by atoms with Gasteiger partial charge in [-0.1, -0.05) is 6.07 Å². The smallest absolute Gasteiger partial charge is 0.143 e. The minimum absolute atomic E-state index is 0.241. The summed E-state index contributed by atoms with van der Waals surface area (Å²) < 4.78 is 2.82. The van der Waals surface area contributed by atoms with E-state index in [4.69, 9.17) is 0 Å². The van der Waals surface area contributed by atoms with Crippen LogP contribution in [0.3, 0.4) is 0 Å². The van der Waals surface area contributed by atoms with Crippen LogP contribution in [0.5, 0.6) is 0 Å². The molecule has 0 radical (unpaired) electrons. The molecule has 1 aromatic carbocycles. The number of benzene rings is 1. The van der Waals surface area contributed by atoms with Crippen molar-refractivity contribution in [2.75, 3.05) is 5.32 Å². The van der Waals surface area contributed by atoms with Crippen molar-refractivity contribution >= 4 is 33.0 Å². The van der Waals surface area contributed by atoms with Gasteiger partial charge in [-0.3, -0.25) is 0 Å². The van der Waals surface area contributed by atoms with Crippen molar-refractivity contribution in [1.29, 1.82) is 0 Å². The summed E-state index contributed by atoms with van der Waals surface area (Å²) in [4.78, 5) is 1.28. The molecule has 108 valence electrons. The van der Waals surface area contributed by atoms with Gasteiger partial charge in [-0.15, -0.1) is 16.4 Å². The molecule has 0 aliphatic carbocycles. The van der Waals surface area contributed by atoms with Gasteiger partial charge in [0.15, 0.2) is 0 Å². The zero-order valence-electron chi connectivity index (χ0n) is 11.6. The molecule has 3 rings (SSSR count). The highest BCUT2D eigenvalue weighted by molar-refractivity contribution is 9.11. The zero-order chi connectivity index (χ0) is 14.8. The van der Waals surface area contributed by atoms with Gasteiger partial charge in [-0.2, -0.15) is 0 Å². The number of thiophene rings is 1. The van der Waals surface area contributed by atoms with Crippen LogP contribution < -0.4 is 5.32 Å². The van der Waals surface area contributed by atoms with Crippen LogP contribution in [0.15, 0.2) is 40.4 Å². The predicted octanol–water partition coefficient (Wildman–Crippen LogP) is 3.97. The first-order valence-electron chi connectivity index (χ1n) is 6.49. The standard InChI is InChI=1S/C14H14BrN5S/c1-9-3-4-11(7-12(9)20-8-16-18-19-20)17-10(2)13-5-6-14(15)21-13/h3-8,10,17H,1-2H3. The molecule has 0 fully saturated rings. The second-order valence-corrected chi connectivity index (χ2v) is 7.26. The fourth-order valence-corrected chi connectivity index (χ4v) is 3.53. The zero-order valence-corrected chi connectivity index (χ0v) is 14.0. The molecular weight excluding hydrogens is 350 g/mol. The Bertz CT molecular complexity index is 738. The Balaban J connectivity index is 1.85. The van der Waals surface area contributed by atoms with E-state index in [-0.39, 0.29) is 6.04 Å². The third kappa shape index (κ3) is 3.14. The quantitative estimate of drug-likeness (QED) is 0.761. The van der Waals surface area contributed by atoms with E-state index in [2.05, 4.69) is 74.0 Å². The van der Waals surface area contributed by atoms with Gasteiger partial charge in [0.2, 0.25) is 0 Å². The number of rotatable bonds is 4. The summed E-state index contributed by atoms with van der Waals surface area (Å²) >= 11 is 5.24. The Morgan fingerprint density at radius 2 is 2.14 bits per heavy atom. The van der Waals surface area contributed by atoms with Crippen LogP contribution in [0.2, 0.25) is 0 Å². The maximum absolute atomic E-state index is 3.95. The maximum atomic E-state index is 3.95. The van der Waals surface area contributed by atoms with Gasteiger partial charge < -0.3 is 5.32 Å². The molecule has 1 N–H and O–H groups in total. The van der Waals surface area contributed by atoms with Gasteiger partial charge in [0, 0.05) is 10.6 Å². The Morgan fingerprint density at radius 1 is 1.29 bits per heavy atom. The van der Waals surface area contributed by atoms with Crippen LogP contribution in [-0.4, -0.2) is 20.2 Å². The molecule has 2 aromatic heterocycles. The molecule has 0 saturated carbocycles. The Kier molecular flexibility index (Phi) is 4.03. The molecule has 2 heterocycles. The molecule has 0 bridgehead atoms. The molecule has 7 heteroatoms. The number of hydrogen-bond donors (Lipinski definition) is 1. The number of nitrogens with zero attached hydrogens (tertiary/aromatic N) is 4. The number of hydrogen-bond acceptors (Lipinski definition) is 5. The summed E-state index contributed by atoms with van der Waals surface area (Å²) in [5.74, 6) is 0. The first-order valence-corrected chi connectivity index (χ1v) is 8.10. The second-order valence-electron chi connectivity index (χ2n) is 4.76. The van der Waals surface area contributed by atoms with E-state index in [0.29, 0.717) is 0 Å². The molecular formula is C14H14BrN5S. The summed E-state index contributed by atoms with van der Waals surface area (Å²) in [6.45, 7) is 4.19. The fourth-order valence-electron chi connectivity index (χ4n) is 2.10. The highest BCUT2D eigenvalue weighted by Crippen LogP contribution is 2.30. The summed E-state index contributed by atoms with van der Waals surface area (Å²) in [6, 6.07) is 10.6. The normalized spacial score (nSPS) is 12.3. The topological polar surface area (TPSA) is 55.6 Å². The molecule has 21 heavy (non-hydrogen) atoms. The molecule has 0 aliphatic rings. The van der Waals surface area contributed by atoms with E-state index in [1.165, 1.54) is 4.88 Å². The third-order valence-electron chi connectivity index (χ3n) is 3.21. The van der Waals surface area contributed by atoms with Crippen LogP contribution >= 0.6 is 27.3 Å². The first kappa shape index (κ1) is 14.2. The molecule has 0 amide bonds.